The molecular formula is C13H13BrN4O2. The number of aryl methyl sites for hydroxylation is 1. The molecule has 1 amide bonds. The fourth-order valence-electron chi connectivity index (χ4n) is 1.68. The first-order valence-electron chi connectivity index (χ1n) is 5.85. The van der Waals surface area contributed by atoms with Crippen LogP contribution in [0.1, 0.15) is 5.69 Å². The van der Waals surface area contributed by atoms with Crippen LogP contribution in [0.4, 0.5) is 11.4 Å². The van der Waals surface area contributed by atoms with Crippen LogP contribution in [0.15, 0.2) is 39.6 Å². The van der Waals surface area contributed by atoms with Crippen LogP contribution in [-0.2, 0) is 11.3 Å². The van der Waals surface area contributed by atoms with E-state index in [1.807, 2.05) is 12.1 Å². The summed E-state index contributed by atoms with van der Waals surface area (Å²) in [5.41, 5.74) is 6.39. The summed E-state index contributed by atoms with van der Waals surface area (Å²) in [5, 5.41) is 6.67. The lowest BCUT2D eigenvalue weighted by atomic mass is 10.3. The minimum atomic E-state index is -0.471. The third kappa shape index (κ3) is 3.45. The maximum atomic E-state index is 11.9. The van der Waals surface area contributed by atoms with Crippen molar-refractivity contribution in [3.63, 3.8) is 0 Å². The van der Waals surface area contributed by atoms with E-state index < -0.39 is 5.56 Å². The summed E-state index contributed by atoms with van der Waals surface area (Å²) in [7, 11) is 0. The molecule has 0 fully saturated rings. The maximum absolute atomic E-state index is 11.9. The molecule has 0 atom stereocenters. The Morgan fingerprint density at radius 3 is 2.70 bits per heavy atom. The molecule has 1 heterocycles. The van der Waals surface area contributed by atoms with E-state index in [2.05, 4.69) is 26.3 Å². The number of halogens is 1. The number of nitrogens with one attached hydrogen (secondary N) is 1. The second-order valence-corrected chi connectivity index (χ2v) is 5.17. The van der Waals surface area contributed by atoms with Crippen LogP contribution in [0.25, 0.3) is 0 Å². The van der Waals surface area contributed by atoms with E-state index in [0.717, 1.165) is 9.15 Å². The quantitative estimate of drug-likeness (QED) is 0.889. The molecule has 0 radical (unpaired) electrons. The molecule has 2 rings (SSSR count). The molecule has 0 aliphatic heterocycles. The molecule has 1 aromatic heterocycles. The minimum absolute atomic E-state index is 0.0777. The van der Waals surface area contributed by atoms with Crippen molar-refractivity contribution in [3.05, 3.63) is 50.9 Å². The van der Waals surface area contributed by atoms with Crippen molar-refractivity contribution < 1.29 is 4.79 Å². The SMILES string of the molecule is Cc1cc(N)c(=O)n(CC(=O)Nc2ccc(Br)cc2)n1. The summed E-state index contributed by atoms with van der Waals surface area (Å²) in [5.74, 6) is -0.341. The van der Waals surface area contributed by atoms with Gasteiger partial charge in [0.15, 0.2) is 0 Å². The van der Waals surface area contributed by atoms with Crippen LogP contribution in [0.3, 0.4) is 0 Å². The first-order valence-corrected chi connectivity index (χ1v) is 6.64. The summed E-state index contributed by atoms with van der Waals surface area (Å²) >= 11 is 3.31. The van der Waals surface area contributed by atoms with Gasteiger partial charge in [-0.25, -0.2) is 4.68 Å². The van der Waals surface area contributed by atoms with Gasteiger partial charge in [-0.2, -0.15) is 5.10 Å². The van der Waals surface area contributed by atoms with Gasteiger partial charge in [-0.05, 0) is 37.3 Å². The normalized spacial score (nSPS) is 10.3. The zero-order valence-corrected chi connectivity index (χ0v) is 12.3. The molecular weight excluding hydrogens is 324 g/mol. The van der Waals surface area contributed by atoms with Gasteiger partial charge in [-0.15, -0.1) is 0 Å². The maximum Gasteiger partial charge on any atom is 0.290 e. The van der Waals surface area contributed by atoms with Gasteiger partial charge in [0.1, 0.15) is 12.2 Å². The molecule has 2 aromatic rings. The topological polar surface area (TPSA) is 90.0 Å². The molecule has 0 unspecified atom stereocenters. The van der Waals surface area contributed by atoms with Crippen LogP contribution in [0.5, 0.6) is 0 Å². The average Bonchev–Trinajstić information content (AvgIpc) is 2.38. The molecule has 0 aliphatic rings. The number of amides is 1. The van der Waals surface area contributed by atoms with Crippen molar-refractivity contribution >= 4 is 33.2 Å². The van der Waals surface area contributed by atoms with E-state index in [0.29, 0.717) is 11.4 Å². The lowest BCUT2D eigenvalue weighted by molar-refractivity contribution is -0.117. The molecule has 104 valence electrons. The third-order valence-corrected chi connectivity index (χ3v) is 3.07. The summed E-state index contributed by atoms with van der Waals surface area (Å²) in [6.07, 6.45) is 0. The Balaban J connectivity index is 2.12. The number of carbonyl (C=O) groups is 1. The molecule has 7 heteroatoms. The molecule has 0 saturated heterocycles. The summed E-state index contributed by atoms with van der Waals surface area (Å²) < 4.78 is 1.97. The number of nitrogen functional groups attached to an aromatic ring is 1. The molecule has 1 aromatic carbocycles. The largest absolute Gasteiger partial charge is 0.394 e. The number of rotatable bonds is 3. The van der Waals surface area contributed by atoms with Gasteiger partial charge < -0.3 is 11.1 Å². The van der Waals surface area contributed by atoms with Crippen molar-refractivity contribution in [1.82, 2.24) is 9.78 Å². The smallest absolute Gasteiger partial charge is 0.290 e. The lowest BCUT2D eigenvalue weighted by Crippen LogP contribution is -2.31. The highest BCUT2D eigenvalue weighted by Crippen LogP contribution is 2.13. The Morgan fingerprint density at radius 1 is 1.40 bits per heavy atom. The van der Waals surface area contributed by atoms with Crippen LogP contribution in [-0.4, -0.2) is 15.7 Å². The molecule has 3 N–H and O–H groups in total. The van der Waals surface area contributed by atoms with E-state index >= 15 is 0 Å². The number of aromatic nitrogens is 2. The van der Waals surface area contributed by atoms with Gasteiger partial charge in [0, 0.05) is 10.2 Å². The predicted molar refractivity (Wildman–Crippen MR) is 80.4 cm³/mol. The average molecular weight is 337 g/mol. The fraction of sp³-hybridized carbons (Fsp3) is 0.154. The van der Waals surface area contributed by atoms with Crippen molar-refractivity contribution in [2.75, 3.05) is 11.1 Å². The van der Waals surface area contributed by atoms with Crippen molar-refractivity contribution in [2.24, 2.45) is 0 Å². The van der Waals surface area contributed by atoms with Gasteiger partial charge in [0.25, 0.3) is 5.56 Å². The van der Waals surface area contributed by atoms with Gasteiger partial charge in [-0.1, -0.05) is 15.9 Å². The van der Waals surface area contributed by atoms with E-state index in [4.69, 9.17) is 5.73 Å². The van der Waals surface area contributed by atoms with E-state index in [9.17, 15) is 9.59 Å². The molecule has 0 bridgehead atoms. The minimum Gasteiger partial charge on any atom is -0.394 e. The van der Waals surface area contributed by atoms with Crippen molar-refractivity contribution in [2.45, 2.75) is 13.5 Å². The third-order valence-electron chi connectivity index (χ3n) is 2.55. The zero-order chi connectivity index (χ0) is 14.7. The first kappa shape index (κ1) is 14.3. The number of anilines is 2. The second-order valence-electron chi connectivity index (χ2n) is 4.26. The van der Waals surface area contributed by atoms with Gasteiger partial charge in [0.05, 0.1) is 5.69 Å². The van der Waals surface area contributed by atoms with Crippen LogP contribution >= 0.6 is 15.9 Å². The number of benzene rings is 1. The van der Waals surface area contributed by atoms with E-state index in [1.165, 1.54) is 6.07 Å². The van der Waals surface area contributed by atoms with Gasteiger partial charge >= 0.3 is 0 Å². The monoisotopic (exact) mass is 336 g/mol. The standard InChI is InChI=1S/C13H13BrN4O2/c1-8-6-11(15)13(20)18(17-8)7-12(19)16-10-4-2-9(14)3-5-10/h2-6H,7,15H2,1H3,(H,16,19). The Kier molecular flexibility index (Phi) is 4.19. The molecule has 0 spiro atoms. The lowest BCUT2D eigenvalue weighted by Gasteiger charge is -2.08. The second kappa shape index (κ2) is 5.87. The molecule has 20 heavy (non-hydrogen) atoms. The molecule has 0 aliphatic carbocycles. The highest BCUT2D eigenvalue weighted by Gasteiger charge is 2.09. The number of hydrogen-bond donors (Lipinski definition) is 2. The molecule has 6 nitrogen and oxygen atoms in total. The van der Waals surface area contributed by atoms with E-state index in [-0.39, 0.29) is 18.1 Å². The fourth-order valence-corrected chi connectivity index (χ4v) is 1.94. The summed E-state index contributed by atoms with van der Waals surface area (Å²) in [4.78, 5) is 23.6. The van der Waals surface area contributed by atoms with Crippen LogP contribution < -0.4 is 16.6 Å². The first-order chi connectivity index (χ1) is 9.45. The molecule has 0 saturated carbocycles. The number of hydrogen-bond acceptors (Lipinski definition) is 4. The van der Waals surface area contributed by atoms with Crippen LogP contribution in [0, 0.1) is 6.92 Å². The van der Waals surface area contributed by atoms with Gasteiger partial charge in [0.2, 0.25) is 5.91 Å². The Bertz CT molecular complexity index is 695. The van der Waals surface area contributed by atoms with Crippen molar-refractivity contribution in [1.29, 1.82) is 0 Å². The predicted octanol–water partition coefficient (Wildman–Crippen LogP) is 1.54. The van der Waals surface area contributed by atoms with E-state index in [1.54, 1.807) is 19.1 Å². The van der Waals surface area contributed by atoms with Crippen LogP contribution in [0.2, 0.25) is 0 Å². The van der Waals surface area contributed by atoms with Gasteiger partial charge in [-0.3, -0.25) is 9.59 Å². The zero-order valence-electron chi connectivity index (χ0n) is 10.8. The number of nitrogens with zero attached hydrogens (tertiary/aromatic N) is 2. The summed E-state index contributed by atoms with van der Waals surface area (Å²) in [6.45, 7) is 1.53. The number of carbonyl (C=O) groups excluding carboxylic acids is 1. The van der Waals surface area contributed by atoms with Crippen molar-refractivity contribution in [3.8, 4) is 0 Å². The Morgan fingerprint density at radius 2 is 2.05 bits per heavy atom. The summed E-state index contributed by atoms with van der Waals surface area (Å²) in [6, 6.07) is 8.60. The number of nitrogens with two attached hydrogens (primary N) is 1. The Hall–Kier alpha value is -2.15. The highest BCUT2D eigenvalue weighted by atomic mass is 79.9. The highest BCUT2D eigenvalue weighted by molar-refractivity contribution is 9.10. The Labute approximate surface area is 123 Å².